The molecular formula is C4H9ClN2O2S. The minimum atomic E-state index is -3.56. The first-order valence-corrected chi connectivity index (χ1v) is 5.36. The quantitative estimate of drug-likeness (QED) is 0.618. The number of hydrogen-bond acceptors (Lipinski definition) is 3. The standard InChI is InChI=1S/C4H9ClN2O2S/c5-10(8,9)6-7-3-1-2-4-7/h6H,1-4H2. The van der Waals surface area contributed by atoms with Crippen molar-refractivity contribution >= 4 is 19.9 Å². The highest BCUT2D eigenvalue weighted by Crippen LogP contribution is 2.05. The summed E-state index contributed by atoms with van der Waals surface area (Å²) in [6, 6.07) is 0. The molecule has 0 aromatic carbocycles. The number of hydrogen-bond donors (Lipinski definition) is 1. The van der Waals surface area contributed by atoms with Gasteiger partial charge in [0, 0.05) is 23.8 Å². The third-order valence-corrected chi connectivity index (χ3v) is 2.03. The molecule has 1 N–H and O–H groups in total. The van der Waals surface area contributed by atoms with E-state index < -0.39 is 9.24 Å². The molecule has 4 nitrogen and oxygen atoms in total. The highest BCUT2D eigenvalue weighted by molar-refractivity contribution is 8.12. The summed E-state index contributed by atoms with van der Waals surface area (Å²) in [5.74, 6) is 0. The van der Waals surface area contributed by atoms with E-state index in [4.69, 9.17) is 10.7 Å². The molecule has 1 aliphatic heterocycles. The van der Waals surface area contributed by atoms with Gasteiger partial charge in [0.05, 0.1) is 0 Å². The molecule has 1 heterocycles. The molecule has 0 atom stereocenters. The molecule has 1 rings (SSSR count). The van der Waals surface area contributed by atoms with E-state index >= 15 is 0 Å². The molecule has 10 heavy (non-hydrogen) atoms. The van der Waals surface area contributed by atoms with Crippen LogP contribution >= 0.6 is 10.7 Å². The third kappa shape index (κ3) is 2.83. The van der Waals surface area contributed by atoms with Crippen molar-refractivity contribution in [2.45, 2.75) is 12.8 Å². The molecule has 0 bridgehead atoms. The fourth-order valence-corrected chi connectivity index (χ4v) is 1.75. The molecule has 0 unspecified atom stereocenters. The zero-order chi connectivity index (χ0) is 7.61. The molecule has 1 saturated heterocycles. The maximum atomic E-state index is 10.4. The minimum absolute atomic E-state index is 0.756. The molecule has 0 aromatic rings. The lowest BCUT2D eigenvalue weighted by Gasteiger charge is -2.11. The van der Waals surface area contributed by atoms with E-state index in [9.17, 15) is 8.42 Å². The lowest BCUT2D eigenvalue weighted by molar-refractivity contribution is 0.303. The number of rotatable bonds is 2. The van der Waals surface area contributed by atoms with Crippen LogP contribution in [-0.4, -0.2) is 26.5 Å². The SMILES string of the molecule is O=S(=O)(Cl)NN1CCCC1. The van der Waals surface area contributed by atoms with E-state index in [0.717, 1.165) is 25.9 Å². The molecule has 1 fully saturated rings. The molecule has 0 amide bonds. The van der Waals surface area contributed by atoms with E-state index in [1.807, 2.05) is 0 Å². The van der Waals surface area contributed by atoms with Crippen LogP contribution in [-0.2, 0) is 9.24 Å². The van der Waals surface area contributed by atoms with Gasteiger partial charge in [-0.1, -0.05) is 0 Å². The highest BCUT2D eigenvalue weighted by atomic mass is 35.7. The number of hydrazine groups is 1. The second kappa shape index (κ2) is 3.04. The first kappa shape index (κ1) is 8.26. The van der Waals surface area contributed by atoms with Crippen molar-refractivity contribution in [3.05, 3.63) is 0 Å². The van der Waals surface area contributed by atoms with Gasteiger partial charge < -0.3 is 0 Å². The second-order valence-corrected chi connectivity index (χ2v) is 4.50. The summed E-state index contributed by atoms with van der Waals surface area (Å²) < 4.78 is 20.8. The van der Waals surface area contributed by atoms with Crippen LogP contribution in [0.4, 0.5) is 0 Å². The van der Waals surface area contributed by atoms with Crippen LogP contribution in [0.2, 0.25) is 0 Å². The number of nitrogens with zero attached hydrogens (tertiary/aromatic N) is 1. The van der Waals surface area contributed by atoms with Gasteiger partial charge in [-0.15, -0.1) is 4.83 Å². The molecule has 0 aliphatic carbocycles. The predicted octanol–water partition coefficient (Wildman–Crippen LogP) is 0.0704. The second-order valence-electron chi connectivity index (χ2n) is 2.22. The Labute approximate surface area is 64.7 Å². The van der Waals surface area contributed by atoms with E-state index in [1.54, 1.807) is 5.01 Å². The summed E-state index contributed by atoms with van der Waals surface area (Å²) in [5, 5.41) is 1.60. The Morgan fingerprint density at radius 3 is 2.20 bits per heavy atom. The Morgan fingerprint density at radius 1 is 1.30 bits per heavy atom. The van der Waals surface area contributed by atoms with Gasteiger partial charge in [-0.2, -0.15) is 8.42 Å². The average Bonchev–Trinajstić information content (AvgIpc) is 2.12. The Balaban J connectivity index is 2.38. The maximum absolute atomic E-state index is 10.4. The van der Waals surface area contributed by atoms with Crippen LogP contribution in [0.25, 0.3) is 0 Å². The van der Waals surface area contributed by atoms with Gasteiger partial charge in [0.2, 0.25) is 0 Å². The van der Waals surface area contributed by atoms with E-state index in [1.165, 1.54) is 0 Å². The molecule has 1 aliphatic rings. The van der Waals surface area contributed by atoms with Crippen LogP contribution in [0.5, 0.6) is 0 Å². The lowest BCUT2D eigenvalue weighted by Crippen LogP contribution is -2.37. The van der Waals surface area contributed by atoms with Crippen LogP contribution in [0.1, 0.15) is 12.8 Å². The van der Waals surface area contributed by atoms with Crippen molar-refractivity contribution in [3.8, 4) is 0 Å². The predicted molar refractivity (Wildman–Crippen MR) is 38.7 cm³/mol. The summed E-state index contributed by atoms with van der Waals surface area (Å²) in [4.78, 5) is 2.19. The molecule has 0 radical (unpaired) electrons. The van der Waals surface area contributed by atoms with Crippen LogP contribution < -0.4 is 4.83 Å². The fourth-order valence-electron chi connectivity index (χ4n) is 0.963. The van der Waals surface area contributed by atoms with E-state index in [2.05, 4.69) is 4.83 Å². The maximum Gasteiger partial charge on any atom is 0.310 e. The van der Waals surface area contributed by atoms with Crippen molar-refractivity contribution in [2.75, 3.05) is 13.1 Å². The smallest absolute Gasteiger partial charge is 0.230 e. The number of halogens is 1. The van der Waals surface area contributed by atoms with Gasteiger partial charge >= 0.3 is 9.24 Å². The monoisotopic (exact) mass is 184 g/mol. The Morgan fingerprint density at radius 2 is 1.80 bits per heavy atom. The van der Waals surface area contributed by atoms with Crippen molar-refractivity contribution in [2.24, 2.45) is 0 Å². The number of nitrogens with one attached hydrogen (secondary N) is 1. The summed E-state index contributed by atoms with van der Waals surface area (Å²) in [7, 11) is 1.37. The van der Waals surface area contributed by atoms with Gasteiger partial charge in [-0.05, 0) is 12.8 Å². The van der Waals surface area contributed by atoms with Gasteiger partial charge in [-0.3, -0.25) is 0 Å². The van der Waals surface area contributed by atoms with Crippen molar-refractivity contribution in [1.29, 1.82) is 0 Å². The molecule has 0 spiro atoms. The van der Waals surface area contributed by atoms with Gasteiger partial charge in [-0.25, -0.2) is 5.01 Å². The summed E-state index contributed by atoms with van der Waals surface area (Å²) in [6.07, 6.45) is 2.05. The van der Waals surface area contributed by atoms with Gasteiger partial charge in [0.1, 0.15) is 0 Å². The minimum Gasteiger partial charge on any atom is -0.230 e. The van der Waals surface area contributed by atoms with E-state index in [-0.39, 0.29) is 0 Å². The Bertz CT molecular complexity index is 197. The lowest BCUT2D eigenvalue weighted by atomic mass is 10.4. The first-order chi connectivity index (χ1) is 4.58. The molecule has 0 aromatic heterocycles. The van der Waals surface area contributed by atoms with Crippen molar-refractivity contribution < 1.29 is 8.42 Å². The third-order valence-electron chi connectivity index (χ3n) is 1.34. The van der Waals surface area contributed by atoms with Crippen LogP contribution in [0, 0.1) is 0 Å². The summed E-state index contributed by atoms with van der Waals surface area (Å²) in [5.41, 5.74) is 0. The Hall–Kier alpha value is 0.160. The summed E-state index contributed by atoms with van der Waals surface area (Å²) in [6.45, 7) is 1.51. The topological polar surface area (TPSA) is 49.4 Å². The fraction of sp³-hybridized carbons (Fsp3) is 1.00. The molecular weight excluding hydrogens is 176 g/mol. The largest absolute Gasteiger partial charge is 0.310 e. The zero-order valence-electron chi connectivity index (χ0n) is 5.38. The van der Waals surface area contributed by atoms with Crippen LogP contribution in [0.3, 0.4) is 0 Å². The normalized spacial score (nSPS) is 21.7. The molecule has 60 valence electrons. The molecule has 0 saturated carbocycles. The first-order valence-electron chi connectivity index (χ1n) is 3.05. The van der Waals surface area contributed by atoms with Crippen molar-refractivity contribution in [3.63, 3.8) is 0 Å². The van der Waals surface area contributed by atoms with Gasteiger partial charge in [0.15, 0.2) is 0 Å². The summed E-state index contributed by atoms with van der Waals surface area (Å²) >= 11 is 0. The molecule has 6 heteroatoms. The Kier molecular flexibility index (Phi) is 2.51. The zero-order valence-corrected chi connectivity index (χ0v) is 6.95. The van der Waals surface area contributed by atoms with Crippen LogP contribution in [0.15, 0.2) is 0 Å². The average molecular weight is 185 g/mol. The van der Waals surface area contributed by atoms with E-state index in [0.29, 0.717) is 0 Å². The van der Waals surface area contributed by atoms with Gasteiger partial charge in [0.25, 0.3) is 0 Å². The van der Waals surface area contributed by atoms with Crippen molar-refractivity contribution in [1.82, 2.24) is 9.84 Å². The highest BCUT2D eigenvalue weighted by Gasteiger charge is 2.15.